The van der Waals surface area contributed by atoms with Gasteiger partial charge in [0.05, 0.1) is 11.8 Å². The summed E-state index contributed by atoms with van der Waals surface area (Å²) >= 11 is 0. The molecular weight excluding hydrogens is 358 g/mol. The Balaban J connectivity index is 1.57. The predicted molar refractivity (Wildman–Crippen MR) is 104 cm³/mol. The van der Waals surface area contributed by atoms with E-state index < -0.39 is 17.8 Å². The SMILES string of the molecule is O=C(NCc1cccnc1)c1ccc(NC(=O)[C@@H]2CCCC[C@@H]2C(=O)O)cc1. The lowest BCUT2D eigenvalue weighted by Crippen LogP contribution is -2.36. The van der Waals surface area contributed by atoms with Crippen LogP contribution in [0.4, 0.5) is 5.69 Å². The molecule has 3 N–H and O–H groups in total. The molecule has 0 aliphatic heterocycles. The summed E-state index contributed by atoms with van der Waals surface area (Å²) < 4.78 is 0. The first-order valence-electron chi connectivity index (χ1n) is 9.35. The second-order valence-electron chi connectivity index (χ2n) is 6.95. The largest absolute Gasteiger partial charge is 0.481 e. The van der Waals surface area contributed by atoms with Crippen LogP contribution in [0.2, 0.25) is 0 Å². The monoisotopic (exact) mass is 381 g/mol. The van der Waals surface area contributed by atoms with Gasteiger partial charge in [-0.15, -0.1) is 0 Å². The van der Waals surface area contributed by atoms with Crippen molar-refractivity contribution >= 4 is 23.5 Å². The Morgan fingerprint density at radius 2 is 1.75 bits per heavy atom. The standard InChI is InChI=1S/C21H23N3O4/c25-19(23-13-14-4-3-11-22-12-14)15-7-9-16(10-8-15)24-20(26)17-5-1-2-6-18(17)21(27)28/h3-4,7-12,17-18H,1-2,5-6,13H2,(H,23,25)(H,24,26)(H,27,28)/t17-,18+/m1/s1. The summed E-state index contributed by atoms with van der Waals surface area (Å²) in [5, 5.41) is 14.9. The van der Waals surface area contributed by atoms with E-state index in [1.54, 1.807) is 42.7 Å². The van der Waals surface area contributed by atoms with Crippen LogP contribution in [0, 0.1) is 11.8 Å². The first-order chi connectivity index (χ1) is 13.5. The topological polar surface area (TPSA) is 108 Å². The van der Waals surface area contributed by atoms with Gasteiger partial charge >= 0.3 is 5.97 Å². The van der Waals surface area contributed by atoms with E-state index in [0.29, 0.717) is 30.6 Å². The number of anilines is 1. The quantitative estimate of drug-likeness (QED) is 0.713. The molecule has 7 nitrogen and oxygen atoms in total. The summed E-state index contributed by atoms with van der Waals surface area (Å²) in [6, 6.07) is 10.2. The molecule has 1 aliphatic carbocycles. The second-order valence-corrected chi connectivity index (χ2v) is 6.95. The highest BCUT2D eigenvalue weighted by Crippen LogP contribution is 2.31. The van der Waals surface area contributed by atoms with Gasteiger partial charge in [-0.1, -0.05) is 18.9 Å². The highest BCUT2D eigenvalue weighted by Gasteiger charge is 2.35. The van der Waals surface area contributed by atoms with Gasteiger partial charge in [-0.2, -0.15) is 0 Å². The lowest BCUT2D eigenvalue weighted by molar-refractivity contribution is -0.147. The minimum Gasteiger partial charge on any atom is -0.481 e. The van der Waals surface area contributed by atoms with Gasteiger partial charge in [-0.05, 0) is 48.7 Å². The minimum atomic E-state index is -0.916. The first-order valence-corrected chi connectivity index (χ1v) is 9.35. The van der Waals surface area contributed by atoms with E-state index >= 15 is 0 Å². The molecule has 0 saturated heterocycles. The van der Waals surface area contributed by atoms with Crippen molar-refractivity contribution in [3.05, 3.63) is 59.9 Å². The fraction of sp³-hybridized carbons (Fsp3) is 0.333. The van der Waals surface area contributed by atoms with Crippen LogP contribution in [-0.4, -0.2) is 27.9 Å². The fourth-order valence-corrected chi connectivity index (χ4v) is 3.47. The third-order valence-electron chi connectivity index (χ3n) is 5.01. The summed E-state index contributed by atoms with van der Waals surface area (Å²) in [4.78, 5) is 40.1. The maximum Gasteiger partial charge on any atom is 0.307 e. The van der Waals surface area contributed by atoms with E-state index in [1.807, 2.05) is 6.07 Å². The van der Waals surface area contributed by atoms with Crippen LogP contribution in [0.25, 0.3) is 0 Å². The van der Waals surface area contributed by atoms with E-state index in [1.165, 1.54) is 0 Å². The Bertz CT molecular complexity index is 836. The molecule has 0 radical (unpaired) electrons. The van der Waals surface area contributed by atoms with Gasteiger partial charge in [-0.3, -0.25) is 19.4 Å². The molecule has 1 heterocycles. The summed E-state index contributed by atoms with van der Waals surface area (Å²) in [5.74, 6) is -2.57. The third-order valence-corrected chi connectivity index (χ3v) is 5.01. The average Bonchev–Trinajstić information content (AvgIpc) is 2.73. The number of carboxylic acids is 1. The van der Waals surface area contributed by atoms with Crippen molar-refractivity contribution in [1.29, 1.82) is 0 Å². The van der Waals surface area contributed by atoms with Gasteiger partial charge in [0.1, 0.15) is 0 Å². The van der Waals surface area contributed by atoms with E-state index in [2.05, 4.69) is 15.6 Å². The molecule has 0 unspecified atom stereocenters. The van der Waals surface area contributed by atoms with E-state index in [-0.39, 0.29) is 11.8 Å². The van der Waals surface area contributed by atoms with Crippen molar-refractivity contribution in [2.75, 3.05) is 5.32 Å². The van der Waals surface area contributed by atoms with Gasteiger partial charge in [0.15, 0.2) is 0 Å². The Morgan fingerprint density at radius 3 is 2.39 bits per heavy atom. The van der Waals surface area contributed by atoms with E-state index in [0.717, 1.165) is 18.4 Å². The number of pyridine rings is 1. The van der Waals surface area contributed by atoms with Crippen molar-refractivity contribution in [2.45, 2.75) is 32.2 Å². The smallest absolute Gasteiger partial charge is 0.307 e. The Morgan fingerprint density at radius 1 is 1.04 bits per heavy atom. The van der Waals surface area contributed by atoms with E-state index in [4.69, 9.17) is 0 Å². The number of carboxylic acid groups (broad SMARTS) is 1. The number of aliphatic carboxylic acids is 1. The number of aromatic nitrogens is 1. The maximum absolute atomic E-state index is 12.5. The van der Waals surface area contributed by atoms with Crippen LogP contribution in [0.3, 0.4) is 0 Å². The molecule has 28 heavy (non-hydrogen) atoms. The summed E-state index contributed by atoms with van der Waals surface area (Å²) in [5.41, 5.74) is 1.92. The van der Waals surface area contributed by atoms with Gasteiger partial charge in [0.25, 0.3) is 5.91 Å². The number of benzene rings is 1. The molecule has 2 atom stereocenters. The molecule has 146 valence electrons. The van der Waals surface area contributed by atoms with Crippen LogP contribution in [0.15, 0.2) is 48.8 Å². The molecule has 1 aromatic carbocycles. The first kappa shape index (κ1) is 19.5. The van der Waals surface area contributed by atoms with Crippen molar-refractivity contribution in [2.24, 2.45) is 11.8 Å². The van der Waals surface area contributed by atoms with E-state index in [9.17, 15) is 19.5 Å². The number of carbonyl (C=O) groups excluding carboxylic acids is 2. The molecule has 0 bridgehead atoms. The van der Waals surface area contributed by atoms with Gasteiger partial charge in [0.2, 0.25) is 5.91 Å². The molecule has 1 aliphatic rings. The van der Waals surface area contributed by atoms with Crippen molar-refractivity contribution < 1.29 is 19.5 Å². The fourth-order valence-electron chi connectivity index (χ4n) is 3.47. The van der Waals surface area contributed by atoms with Gasteiger partial charge in [0, 0.05) is 30.2 Å². The van der Waals surface area contributed by atoms with Crippen molar-refractivity contribution in [3.8, 4) is 0 Å². The summed E-state index contributed by atoms with van der Waals surface area (Å²) in [6.07, 6.45) is 6.17. The van der Waals surface area contributed by atoms with Crippen LogP contribution >= 0.6 is 0 Å². The molecule has 0 spiro atoms. The van der Waals surface area contributed by atoms with Gasteiger partial charge in [-0.25, -0.2) is 0 Å². The zero-order chi connectivity index (χ0) is 19.9. The molecule has 1 aromatic heterocycles. The zero-order valence-electron chi connectivity index (χ0n) is 15.4. The van der Waals surface area contributed by atoms with Crippen LogP contribution in [-0.2, 0) is 16.1 Å². The number of amides is 2. The highest BCUT2D eigenvalue weighted by molar-refractivity contribution is 5.97. The maximum atomic E-state index is 12.5. The number of hydrogen-bond acceptors (Lipinski definition) is 4. The van der Waals surface area contributed by atoms with Crippen LogP contribution < -0.4 is 10.6 Å². The molecule has 2 aromatic rings. The normalized spacial score (nSPS) is 18.9. The molecule has 3 rings (SSSR count). The van der Waals surface area contributed by atoms with Crippen molar-refractivity contribution in [1.82, 2.24) is 10.3 Å². The van der Waals surface area contributed by atoms with Crippen molar-refractivity contribution in [3.63, 3.8) is 0 Å². The lowest BCUT2D eigenvalue weighted by atomic mass is 9.78. The predicted octanol–water partition coefficient (Wildman–Crippen LogP) is 2.84. The Hall–Kier alpha value is -3.22. The van der Waals surface area contributed by atoms with Crippen LogP contribution in [0.5, 0.6) is 0 Å². The number of nitrogens with zero attached hydrogens (tertiary/aromatic N) is 1. The summed E-state index contributed by atoms with van der Waals surface area (Å²) in [7, 11) is 0. The number of nitrogens with one attached hydrogen (secondary N) is 2. The molecule has 2 amide bonds. The van der Waals surface area contributed by atoms with Crippen LogP contribution in [0.1, 0.15) is 41.6 Å². The lowest BCUT2D eigenvalue weighted by Gasteiger charge is -2.27. The van der Waals surface area contributed by atoms with Gasteiger partial charge < -0.3 is 15.7 Å². The number of carbonyl (C=O) groups is 3. The molecule has 1 saturated carbocycles. The second kappa shape index (κ2) is 9.12. The Labute approximate surface area is 163 Å². The number of rotatable bonds is 6. The molecular formula is C21H23N3O4. The zero-order valence-corrected chi connectivity index (χ0v) is 15.4. The third kappa shape index (κ3) is 4.94. The average molecular weight is 381 g/mol. The summed E-state index contributed by atoms with van der Waals surface area (Å²) in [6.45, 7) is 0.378. The number of hydrogen-bond donors (Lipinski definition) is 3. The highest BCUT2D eigenvalue weighted by atomic mass is 16.4. The molecule has 1 fully saturated rings. The Kier molecular flexibility index (Phi) is 6.37. The molecule has 7 heteroatoms. The minimum absolute atomic E-state index is 0.222.